The normalized spacial score (nSPS) is 11.3. The van der Waals surface area contributed by atoms with Crippen molar-refractivity contribution in [3.8, 4) is 0 Å². The lowest BCUT2D eigenvalue weighted by Gasteiger charge is -2.07. The molecule has 6 nitrogen and oxygen atoms in total. The van der Waals surface area contributed by atoms with Gasteiger partial charge in [-0.1, -0.05) is 0 Å². The molecule has 0 atom stereocenters. The number of carbonyl (C=O) groups excluding carboxylic acids is 1. The van der Waals surface area contributed by atoms with E-state index in [4.69, 9.17) is 0 Å². The summed E-state index contributed by atoms with van der Waals surface area (Å²) < 4.78 is 28.9. The fourth-order valence-electron chi connectivity index (χ4n) is 2.20. The number of halogens is 3. The summed E-state index contributed by atoms with van der Waals surface area (Å²) >= 11 is 3.08. The van der Waals surface area contributed by atoms with Gasteiger partial charge in [0.1, 0.15) is 12.2 Å². The molecule has 0 saturated carbocycles. The van der Waals surface area contributed by atoms with Gasteiger partial charge in [0.05, 0.1) is 16.4 Å². The van der Waals surface area contributed by atoms with Crippen LogP contribution in [0.2, 0.25) is 0 Å². The van der Waals surface area contributed by atoms with E-state index in [0.29, 0.717) is 12.2 Å². The van der Waals surface area contributed by atoms with E-state index in [9.17, 15) is 13.6 Å². The lowest BCUT2D eigenvalue weighted by atomic mass is 10.2. The highest BCUT2D eigenvalue weighted by Gasteiger charge is 2.21. The van der Waals surface area contributed by atoms with Gasteiger partial charge < -0.3 is 5.32 Å². The topological polar surface area (TPSA) is 64.7 Å². The molecule has 2 aromatic rings. The quantitative estimate of drug-likeness (QED) is 0.825. The summed E-state index contributed by atoms with van der Waals surface area (Å²) in [6.07, 6.45) is -0.973. The molecule has 23 heavy (non-hydrogen) atoms. The van der Waals surface area contributed by atoms with Crippen LogP contribution in [-0.4, -0.2) is 25.5 Å². The van der Waals surface area contributed by atoms with Gasteiger partial charge in [0.15, 0.2) is 0 Å². The summed E-state index contributed by atoms with van der Waals surface area (Å²) in [6, 6.07) is 0. The zero-order valence-electron chi connectivity index (χ0n) is 13.1. The lowest BCUT2D eigenvalue weighted by Crippen LogP contribution is -2.28. The molecule has 0 aliphatic heterocycles. The van der Waals surface area contributed by atoms with Crippen molar-refractivity contribution < 1.29 is 13.6 Å². The van der Waals surface area contributed by atoms with Crippen LogP contribution in [0.3, 0.4) is 0 Å². The molecule has 2 rings (SSSR count). The lowest BCUT2D eigenvalue weighted by molar-refractivity contribution is -0.122. The van der Waals surface area contributed by atoms with Gasteiger partial charge in [-0.25, -0.2) is 8.78 Å². The summed E-state index contributed by atoms with van der Waals surface area (Å²) in [7, 11) is 0. The summed E-state index contributed by atoms with van der Waals surface area (Å²) in [6.45, 7) is 6.54. The smallest absolute Gasteiger partial charge is 0.283 e. The third-order valence-electron chi connectivity index (χ3n) is 3.64. The largest absolute Gasteiger partial charge is 0.350 e. The number of hydrogen-bond acceptors (Lipinski definition) is 3. The van der Waals surface area contributed by atoms with Gasteiger partial charge in [-0.05, 0) is 36.7 Å². The predicted molar refractivity (Wildman–Crippen MR) is 84.1 cm³/mol. The minimum Gasteiger partial charge on any atom is -0.350 e. The predicted octanol–water partition coefficient (Wildman–Crippen LogP) is 2.73. The van der Waals surface area contributed by atoms with E-state index < -0.39 is 6.43 Å². The summed E-state index contributed by atoms with van der Waals surface area (Å²) in [5.41, 5.74) is 2.05. The Morgan fingerprint density at radius 3 is 2.57 bits per heavy atom. The molecule has 0 unspecified atom stereocenters. The Bertz CT molecular complexity index is 710. The van der Waals surface area contributed by atoms with E-state index in [1.807, 2.05) is 18.5 Å². The van der Waals surface area contributed by atoms with Gasteiger partial charge in [0, 0.05) is 24.3 Å². The van der Waals surface area contributed by atoms with Crippen molar-refractivity contribution in [1.29, 1.82) is 0 Å². The number of nitrogens with one attached hydrogen (secondary N) is 1. The molecule has 1 N–H and O–H groups in total. The fraction of sp³-hybridized carbons (Fsp3) is 0.500. The average molecular weight is 390 g/mol. The molecule has 0 saturated heterocycles. The summed E-state index contributed by atoms with van der Waals surface area (Å²) in [5, 5.41) is 10.7. The molecular formula is C14H18BrF2N5O. The van der Waals surface area contributed by atoms with Crippen molar-refractivity contribution in [3.63, 3.8) is 0 Å². The van der Waals surface area contributed by atoms with E-state index in [1.165, 1.54) is 4.68 Å². The maximum absolute atomic E-state index is 12.8. The SMILES string of the molecule is CCn1ncc(CNC(=O)Cn2nc(C(F)F)c(Br)c2C)c1C. The van der Waals surface area contributed by atoms with Crippen molar-refractivity contribution in [2.24, 2.45) is 0 Å². The van der Waals surface area contributed by atoms with Crippen LogP contribution in [0.5, 0.6) is 0 Å². The van der Waals surface area contributed by atoms with Crippen molar-refractivity contribution >= 4 is 21.8 Å². The molecule has 0 bridgehead atoms. The molecule has 2 heterocycles. The van der Waals surface area contributed by atoms with Gasteiger partial charge in [-0.2, -0.15) is 10.2 Å². The fourth-order valence-corrected chi connectivity index (χ4v) is 2.66. The molecular weight excluding hydrogens is 372 g/mol. The van der Waals surface area contributed by atoms with E-state index in [2.05, 4.69) is 31.4 Å². The number of rotatable bonds is 6. The number of amides is 1. The number of carbonyl (C=O) groups is 1. The first kappa shape index (κ1) is 17.6. The standard InChI is InChI=1S/C14H18BrF2N5O/c1-4-21-8(2)10(6-19-21)5-18-11(23)7-22-9(3)12(15)13(20-22)14(16)17/h6,14H,4-5,7H2,1-3H3,(H,18,23). The third kappa shape index (κ3) is 3.77. The summed E-state index contributed by atoms with van der Waals surface area (Å²) in [5.74, 6) is -0.299. The molecule has 0 spiro atoms. The van der Waals surface area contributed by atoms with Crippen molar-refractivity contribution in [2.75, 3.05) is 0 Å². The molecule has 0 fully saturated rings. The maximum Gasteiger partial charge on any atom is 0.283 e. The minimum absolute atomic E-state index is 0.113. The first-order chi connectivity index (χ1) is 10.8. The first-order valence-electron chi connectivity index (χ1n) is 7.14. The van der Waals surface area contributed by atoms with Crippen LogP contribution >= 0.6 is 15.9 Å². The van der Waals surface area contributed by atoms with E-state index in [-0.39, 0.29) is 22.6 Å². The Hall–Kier alpha value is -1.77. The Morgan fingerprint density at radius 1 is 1.35 bits per heavy atom. The Morgan fingerprint density at radius 2 is 2.04 bits per heavy atom. The zero-order valence-corrected chi connectivity index (χ0v) is 14.7. The van der Waals surface area contributed by atoms with Crippen LogP contribution in [-0.2, 0) is 24.4 Å². The summed E-state index contributed by atoms with van der Waals surface area (Å²) in [4.78, 5) is 12.0. The molecule has 2 aromatic heterocycles. The zero-order chi connectivity index (χ0) is 17.1. The van der Waals surface area contributed by atoms with Crippen molar-refractivity contribution in [3.05, 3.63) is 33.3 Å². The molecule has 0 aromatic carbocycles. The Kier molecular flexibility index (Phi) is 5.51. The Balaban J connectivity index is 2.00. The van der Waals surface area contributed by atoms with Gasteiger partial charge in [0.2, 0.25) is 5.91 Å². The van der Waals surface area contributed by atoms with Crippen molar-refractivity contribution in [2.45, 2.75) is 46.8 Å². The highest BCUT2D eigenvalue weighted by atomic mass is 79.9. The maximum atomic E-state index is 12.8. The van der Waals surface area contributed by atoms with Gasteiger partial charge >= 0.3 is 0 Å². The average Bonchev–Trinajstić information content (AvgIpc) is 3.00. The molecule has 9 heteroatoms. The van der Waals surface area contributed by atoms with Crippen LogP contribution in [0.25, 0.3) is 0 Å². The second-order valence-corrected chi connectivity index (χ2v) is 5.88. The highest BCUT2D eigenvalue weighted by molar-refractivity contribution is 9.10. The van der Waals surface area contributed by atoms with Gasteiger partial charge in [-0.15, -0.1) is 0 Å². The minimum atomic E-state index is -2.69. The van der Waals surface area contributed by atoms with Crippen LogP contribution in [0.4, 0.5) is 8.78 Å². The second-order valence-electron chi connectivity index (χ2n) is 5.09. The Labute approximate surface area is 141 Å². The van der Waals surface area contributed by atoms with E-state index in [0.717, 1.165) is 17.8 Å². The number of nitrogens with zero attached hydrogens (tertiary/aromatic N) is 4. The third-order valence-corrected chi connectivity index (χ3v) is 4.62. The molecule has 0 radical (unpaired) electrons. The molecule has 1 amide bonds. The first-order valence-corrected chi connectivity index (χ1v) is 7.93. The number of aryl methyl sites for hydroxylation is 1. The highest BCUT2D eigenvalue weighted by Crippen LogP contribution is 2.28. The van der Waals surface area contributed by atoms with Crippen LogP contribution in [0, 0.1) is 13.8 Å². The van der Waals surface area contributed by atoms with Crippen LogP contribution in [0.1, 0.15) is 36.0 Å². The van der Waals surface area contributed by atoms with Gasteiger partial charge in [-0.3, -0.25) is 14.2 Å². The molecule has 0 aliphatic rings. The number of aromatic nitrogens is 4. The monoisotopic (exact) mass is 389 g/mol. The molecule has 0 aliphatic carbocycles. The number of alkyl halides is 2. The van der Waals surface area contributed by atoms with Gasteiger partial charge in [0.25, 0.3) is 6.43 Å². The molecule has 126 valence electrons. The van der Waals surface area contributed by atoms with Crippen molar-refractivity contribution in [1.82, 2.24) is 24.9 Å². The van der Waals surface area contributed by atoms with Crippen LogP contribution < -0.4 is 5.32 Å². The van der Waals surface area contributed by atoms with Crippen LogP contribution in [0.15, 0.2) is 10.7 Å². The van der Waals surface area contributed by atoms with E-state index >= 15 is 0 Å². The number of hydrogen-bond donors (Lipinski definition) is 1. The second kappa shape index (κ2) is 7.20. The van der Waals surface area contributed by atoms with E-state index in [1.54, 1.807) is 13.1 Å².